The molecule has 0 amide bonds. The van der Waals surface area contributed by atoms with Crippen LogP contribution in [0.5, 0.6) is 0 Å². The smallest absolute Gasteiger partial charge is 0.0899 e. The minimum Gasteiger partial charge on any atom is -0.393 e. The number of aliphatic hydroxyl groups is 2. The average molecular weight is 428 g/mol. The second-order valence-electron chi connectivity index (χ2n) is 11.7. The van der Waals surface area contributed by atoms with E-state index in [1.54, 1.807) is 0 Å². The minimum atomic E-state index is -0.694. The van der Waals surface area contributed by atoms with Gasteiger partial charge in [0, 0.05) is 29.1 Å². The molecule has 1 aromatic carbocycles. The molecule has 7 rings (SSSR count). The highest BCUT2D eigenvalue weighted by atomic mass is 16.3. The van der Waals surface area contributed by atoms with E-state index in [1.807, 2.05) is 12.4 Å². The molecule has 6 unspecified atom stereocenters. The summed E-state index contributed by atoms with van der Waals surface area (Å²) >= 11 is 0. The van der Waals surface area contributed by atoms with Crippen LogP contribution in [0.3, 0.4) is 0 Å². The Morgan fingerprint density at radius 1 is 1.03 bits per heavy atom. The Morgan fingerprint density at radius 2 is 1.94 bits per heavy atom. The van der Waals surface area contributed by atoms with Crippen LogP contribution in [-0.2, 0) is 0 Å². The molecule has 5 aliphatic carbocycles. The fourth-order valence-corrected chi connectivity index (χ4v) is 8.69. The van der Waals surface area contributed by atoms with Crippen molar-refractivity contribution in [1.82, 2.24) is 4.98 Å². The van der Waals surface area contributed by atoms with E-state index < -0.39 is 5.60 Å². The molecule has 3 nitrogen and oxygen atoms in total. The van der Waals surface area contributed by atoms with Gasteiger partial charge in [0.25, 0.3) is 0 Å². The van der Waals surface area contributed by atoms with Gasteiger partial charge in [-0.3, -0.25) is 4.98 Å². The summed E-state index contributed by atoms with van der Waals surface area (Å²) in [5.41, 5.74) is 3.57. The number of aromatic nitrogens is 1. The van der Waals surface area contributed by atoms with Crippen molar-refractivity contribution in [3.63, 3.8) is 0 Å². The molecular weight excluding hydrogens is 394 g/mol. The first-order chi connectivity index (χ1) is 15.4. The molecule has 1 heterocycles. The highest BCUT2D eigenvalue weighted by molar-refractivity contribution is 5.87. The minimum absolute atomic E-state index is 0.0365. The summed E-state index contributed by atoms with van der Waals surface area (Å²) < 4.78 is 0. The van der Waals surface area contributed by atoms with Crippen LogP contribution in [0.1, 0.15) is 63.9 Å². The summed E-state index contributed by atoms with van der Waals surface area (Å²) in [4.78, 5) is 4.32. The quantitative estimate of drug-likeness (QED) is 0.577. The summed E-state index contributed by atoms with van der Waals surface area (Å²) in [6.45, 7) is 2.39. The molecule has 1 aromatic heterocycles. The largest absolute Gasteiger partial charge is 0.393 e. The maximum Gasteiger partial charge on any atom is 0.0899 e. The Hall–Kier alpha value is -1.97. The second-order valence-corrected chi connectivity index (χ2v) is 11.7. The molecule has 166 valence electrons. The van der Waals surface area contributed by atoms with Gasteiger partial charge in [-0.1, -0.05) is 31.2 Å². The fourth-order valence-electron chi connectivity index (χ4n) is 8.69. The van der Waals surface area contributed by atoms with E-state index in [4.69, 9.17) is 0 Å². The maximum absolute atomic E-state index is 12.4. The lowest BCUT2D eigenvalue weighted by atomic mass is 9.57. The van der Waals surface area contributed by atoms with Crippen molar-refractivity contribution in [2.45, 2.75) is 70.0 Å². The molecule has 3 heteroatoms. The maximum atomic E-state index is 12.4. The van der Waals surface area contributed by atoms with Crippen LogP contribution in [0.25, 0.3) is 16.3 Å². The normalized spacial score (nSPS) is 44.5. The molecule has 0 bridgehead atoms. The zero-order valence-corrected chi connectivity index (χ0v) is 18.9. The zero-order chi connectivity index (χ0) is 21.7. The molecule has 2 N–H and O–H groups in total. The van der Waals surface area contributed by atoms with Crippen molar-refractivity contribution < 1.29 is 10.2 Å². The molecule has 3 saturated carbocycles. The summed E-state index contributed by atoms with van der Waals surface area (Å²) in [5.74, 6) is 1.42. The van der Waals surface area contributed by atoms with E-state index in [-0.39, 0.29) is 22.9 Å². The van der Waals surface area contributed by atoms with Gasteiger partial charge < -0.3 is 10.2 Å². The lowest BCUT2D eigenvalue weighted by molar-refractivity contribution is -0.0389. The molecule has 32 heavy (non-hydrogen) atoms. The topological polar surface area (TPSA) is 53.4 Å². The molecule has 7 atom stereocenters. The van der Waals surface area contributed by atoms with Crippen molar-refractivity contribution in [3.8, 4) is 0 Å². The molecule has 0 saturated heterocycles. The predicted molar refractivity (Wildman–Crippen MR) is 127 cm³/mol. The van der Waals surface area contributed by atoms with E-state index in [1.165, 1.54) is 33.9 Å². The Bertz CT molecular complexity index is 1180. The number of benzene rings is 1. The van der Waals surface area contributed by atoms with E-state index in [2.05, 4.69) is 48.3 Å². The molecular formula is C29H33NO2. The number of rotatable bonds is 1. The second kappa shape index (κ2) is 6.33. The SMILES string of the molecule is CC12CC=C3C4CC45CC(O)CCC5CC[C@]3(O)C1CC=C2c1ccc2ccncc2c1. The first-order valence-electron chi connectivity index (χ1n) is 12.6. The number of fused-ring (bicyclic) bond motifs is 5. The van der Waals surface area contributed by atoms with Gasteiger partial charge in [-0.05, 0) is 103 Å². The van der Waals surface area contributed by atoms with Crippen molar-refractivity contribution in [2.24, 2.45) is 28.6 Å². The van der Waals surface area contributed by atoms with Crippen molar-refractivity contribution >= 4 is 16.3 Å². The van der Waals surface area contributed by atoms with Crippen molar-refractivity contribution in [1.29, 1.82) is 0 Å². The van der Waals surface area contributed by atoms with E-state index in [0.717, 1.165) is 44.9 Å². The number of allylic oxidation sites excluding steroid dienone is 3. The number of pyridine rings is 1. The van der Waals surface area contributed by atoms with Gasteiger partial charge in [-0.25, -0.2) is 0 Å². The highest BCUT2D eigenvalue weighted by Gasteiger charge is 2.68. The third-order valence-corrected chi connectivity index (χ3v) is 10.4. The van der Waals surface area contributed by atoms with E-state index in [0.29, 0.717) is 11.8 Å². The van der Waals surface area contributed by atoms with Gasteiger partial charge in [0.15, 0.2) is 0 Å². The highest BCUT2D eigenvalue weighted by Crippen LogP contribution is 2.74. The summed E-state index contributed by atoms with van der Waals surface area (Å²) in [5, 5.41) is 25.2. The molecule has 1 spiro atoms. The first-order valence-corrected chi connectivity index (χ1v) is 12.6. The van der Waals surface area contributed by atoms with Gasteiger partial charge >= 0.3 is 0 Å². The lowest BCUT2D eigenvalue weighted by Crippen LogP contribution is -2.49. The van der Waals surface area contributed by atoms with Gasteiger partial charge in [-0.15, -0.1) is 0 Å². The van der Waals surface area contributed by atoms with Crippen LogP contribution in [0.2, 0.25) is 0 Å². The summed E-state index contributed by atoms with van der Waals surface area (Å²) in [6.07, 6.45) is 16.7. The number of nitrogens with zero attached hydrogens (tertiary/aromatic N) is 1. The van der Waals surface area contributed by atoms with Gasteiger partial charge in [0.1, 0.15) is 0 Å². The molecule has 0 radical (unpaired) electrons. The van der Waals surface area contributed by atoms with Crippen molar-refractivity contribution in [2.75, 3.05) is 0 Å². The average Bonchev–Trinajstić information content (AvgIpc) is 3.36. The van der Waals surface area contributed by atoms with Crippen LogP contribution < -0.4 is 0 Å². The fraction of sp³-hybridized carbons (Fsp3) is 0.552. The van der Waals surface area contributed by atoms with E-state index in [9.17, 15) is 10.2 Å². The predicted octanol–water partition coefficient (Wildman–Crippen LogP) is 5.67. The van der Waals surface area contributed by atoms with Crippen LogP contribution in [0.4, 0.5) is 0 Å². The standard InChI is InChI=1S/C29H33NO2/c1-27-11-9-24-25-16-28(25)15-22(31)5-4-21(28)8-12-29(24,32)26(27)7-6-23(27)19-3-2-18-10-13-30-17-20(18)14-19/h2-3,6,9-10,13-14,17,21-22,25-26,31-32H,4-5,7-8,11-12,15-16H2,1H3/t21?,22?,25?,26?,27?,28?,29-/m1/s1. The Balaban J connectivity index is 1.27. The monoisotopic (exact) mass is 427 g/mol. The van der Waals surface area contributed by atoms with Crippen molar-refractivity contribution in [3.05, 3.63) is 59.9 Å². The Kier molecular flexibility index (Phi) is 3.86. The van der Waals surface area contributed by atoms with Crippen LogP contribution in [0.15, 0.2) is 54.4 Å². The molecule has 3 fully saturated rings. The number of hydrogen-bond donors (Lipinski definition) is 2. The van der Waals surface area contributed by atoms with Crippen LogP contribution in [0, 0.1) is 28.6 Å². The summed E-state index contributed by atoms with van der Waals surface area (Å²) in [7, 11) is 0. The number of hydrogen-bond acceptors (Lipinski definition) is 3. The third kappa shape index (κ3) is 2.42. The Labute approximate surface area is 190 Å². The third-order valence-electron chi connectivity index (χ3n) is 10.4. The summed E-state index contributed by atoms with van der Waals surface area (Å²) in [6, 6.07) is 8.81. The molecule has 0 aliphatic heterocycles. The van der Waals surface area contributed by atoms with Crippen LogP contribution in [-0.4, -0.2) is 26.9 Å². The first kappa shape index (κ1) is 19.5. The Morgan fingerprint density at radius 3 is 2.84 bits per heavy atom. The van der Waals surface area contributed by atoms with Gasteiger partial charge in [0.2, 0.25) is 0 Å². The molecule has 2 aromatic rings. The zero-order valence-electron chi connectivity index (χ0n) is 18.9. The van der Waals surface area contributed by atoms with E-state index >= 15 is 0 Å². The lowest BCUT2D eigenvalue weighted by Gasteiger charge is -2.49. The molecule has 5 aliphatic rings. The van der Waals surface area contributed by atoms with Gasteiger partial charge in [-0.2, -0.15) is 0 Å². The van der Waals surface area contributed by atoms with Gasteiger partial charge in [0.05, 0.1) is 11.7 Å². The van der Waals surface area contributed by atoms with Crippen LogP contribution >= 0.6 is 0 Å². The number of aliphatic hydroxyl groups excluding tert-OH is 1.